The van der Waals surface area contributed by atoms with Crippen LogP contribution in [0.15, 0.2) is 41.4 Å². The Morgan fingerprint density at radius 3 is 2.03 bits per heavy atom. The van der Waals surface area contributed by atoms with Gasteiger partial charge in [0.2, 0.25) is 5.96 Å². The number of nitrogens with zero attached hydrogens (tertiary/aromatic N) is 3. The van der Waals surface area contributed by atoms with Crippen LogP contribution < -0.4 is 10.6 Å². The van der Waals surface area contributed by atoms with Crippen molar-refractivity contribution in [2.24, 2.45) is 4.99 Å². The Labute approximate surface area is 197 Å². The lowest BCUT2D eigenvalue weighted by Crippen LogP contribution is -2.36. The predicted octanol–water partition coefficient (Wildman–Crippen LogP) is 5.19. The molecule has 0 fully saturated rings. The highest BCUT2D eigenvalue weighted by molar-refractivity contribution is 6.10. The first-order valence-electron chi connectivity index (χ1n) is 11.5. The van der Waals surface area contributed by atoms with Gasteiger partial charge in [-0.2, -0.15) is 5.10 Å². The van der Waals surface area contributed by atoms with E-state index >= 15 is 0 Å². The van der Waals surface area contributed by atoms with Crippen LogP contribution in [0.25, 0.3) is 0 Å². The number of nitrogens with one attached hydrogen (secondary N) is 2. The number of hydrogen-bond acceptors (Lipinski definition) is 3. The van der Waals surface area contributed by atoms with E-state index in [-0.39, 0.29) is 5.91 Å². The highest BCUT2D eigenvalue weighted by Gasteiger charge is 2.13. The molecule has 0 saturated carbocycles. The van der Waals surface area contributed by atoms with Gasteiger partial charge in [0, 0.05) is 30.0 Å². The van der Waals surface area contributed by atoms with Crippen molar-refractivity contribution in [3.8, 4) is 0 Å². The summed E-state index contributed by atoms with van der Waals surface area (Å²) in [5.41, 5.74) is 9.36. The van der Waals surface area contributed by atoms with Crippen molar-refractivity contribution in [2.75, 3.05) is 11.9 Å². The number of carbonyl (C=O) groups excluding carboxylic acids is 1. The third-order valence-corrected chi connectivity index (χ3v) is 5.66. The summed E-state index contributed by atoms with van der Waals surface area (Å²) >= 11 is 0. The van der Waals surface area contributed by atoms with Crippen LogP contribution in [0.5, 0.6) is 0 Å². The summed E-state index contributed by atoms with van der Waals surface area (Å²) in [5.74, 6) is 0.269. The van der Waals surface area contributed by atoms with Gasteiger partial charge >= 0.3 is 0 Å². The molecule has 0 saturated heterocycles. The van der Waals surface area contributed by atoms with Gasteiger partial charge in [-0.25, -0.2) is 0 Å². The molecule has 0 aliphatic heterocycles. The van der Waals surface area contributed by atoms with Crippen molar-refractivity contribution in [3.05, 3.63) is 81.2 Å². The lowest BCUT2D eigenvalue weighted by Gasteiger charge is -2.14. The number of benzene rings is 2. The van der Waals surface area contributed by atoms with E-state index in [1.807, 2.05) is 49.7 Å². The molecule has 0 bridgehead atoms. The first kappa shape index (κ1) is 24.2. The molecule has 6 nitrogen and oxygen atoms in total. The van der Waals surface area contributed by atoms with E-state index in [1.54, 1.807) is 0 Å². The standard InChI is InChI=1S/C27H35N5O/c1-8-32-22(7)25(21(6)31-32)9-10-28-27(29-24-15-19(4)12-20(5)16-24)30-26(33)23-13-17(2)11-18(3)14-23/h11-16H,8-10H2,1-7H3,(H2,28,29,30,33). The van der Waals surface area contributed by atoms with E-state index in [2.05, 4.69) is 55.6 Å². The average Bonchev–Trinajstić information content (AvgIpc) is 2.99. The van der Waals surface area contributed by atoms with Crippen molar-refractivity contribution in [1.29, 1.82) is 0 Å². The fourth-order valence-corrected chi connectivity index (χ4v) is 4.26. The topological polar surface area (TPSA) is 71.3 Å². The monoisotopic (exact) mass is 445 g/mol. The number of aryl methyl sites for hydroxylation is 6. The molecule has 0 spiro atoms. The van der Waals surface area contributed by atoms with E-state index < -0.39 is 0 Å². The van der Waals surface area contributed by atoms with Gasteiger partial charge in [0.15, 0.2) is 0 Å². The zero-order valence-corrected chi connectivity index (χ0v) is 20.8. The van der Waals surface area contributed by atoms with Gasteiger partial charge in [0.1, 0.15) is 0 Å². The molecule has 3 aromatic rings. The van der Waals surface area contributed by atoms with Gasteiger partial charge in [0.25, 0.3) is 5.91 Å². The second kappa shape index (κ2) is 10.5. The maximum absolute atomic E-state index is 13.0. The number of amides is 1. The molecule has 1 amide bonds. The summed E-state index contributed by atoms with van der Waals surface area (Å²) < 4.78 is 2.02. The Morgan fingerprint density at radius 2 is 1.48 bits per heavy atom. The van der Waals surface area contributed by atoms with Gasteiger partial charge in [-0.1, -0.05) is 23.3 Å². The Kier molecular flexibility index (Phi) is 7.69. The van der Waals surface area contributed by atoms with Crippen molar-refractivity contribution in [2.45, 2.75) is 61.4 Å². The van der Waals surface area contributed by atoms with E-state index in [0.717, 1.165) is 46.6 Å². The normalized spacial score (nSPS) is 11.5. The molecule has 0 aliphatic rings. The molecular formula is C27H35N5O. The number of aromatic nitrogens is 2. The smallest absolute Gasteiger partial charge is 0.257 e. The van der Waals surface area contributed by atoms with Crippen molar-refractivity contribution < 1.29 is 4.79 Å². The quantitative estimate of drug-likeness (QED) is 0.405. The minimum Gasteiger partial charge on any atom is -0.326 e. The predicted molar refractivity (Wildman–Crippen MR) is 136 cm³/mol. The third kappa shape index (κ3) is 6.31. The second-order valence-corrected chi connectivity index (χ2v) is 8.78. The Balaban J connectivity index is 1.84. The van der Waals surface area contributed by atoms with Gasteiger partial charge in [0.05, 0.1) is 5.69 Å². The van der Waals surface area contributed by atoms with E-state index in [9.17, 15) is 4.79 Å². The summed E-state index contributed by atoms with van der Waals surface area (Å²) in [6, 6.07) is 12.1. The van der Waals surface area contributed by atoms with Crippen LogP contribution >= 0.6 is 0 Å². The van der Waals surface area contributed by atoms with Crippen LogP contribution in [0.1, 0.15) is 56.5 Å². The summed E-state index contributed by atoms with van der Waals surface area (Å²) in [6.45, 7) is 15.7. The third-order valence-electron chi connectivity index (χ3n) is 5.66. The molecule has 2 aromatic carbocycles. The molecule has 33 heavy (non-hydrogen) atoms. The number of hydrogen-bond donors (Lipinski definition) is 2. The molecule has 1 heterocycles. The number of rotatable bonds is 6. The van der Waals surface area contributed by atoms with Crippen LogP contribution in [0, 0.1) is 41.5 Å². The fourth-order valence-electron chi connectivity index (χ4n) is 4.26. The largest absolute Gasteiger partial charge is 0.326 e. The lowest BCUT2D eigenvalue weighted by atomic mass is 10.1. The Hall–Kier alpha value is -3.41. The van der Waals surface area contributed by atoms with E-state index in [0.29, 0.717) is 18.1 Å². The SMILES string of the molecule is CCn1nc(C)c(CCN=C(NC(=O)c2cc(C)cc(C)c2)Nc2cc(C)cc(C)c2)c1C. The van der Waals surface area contributed by atoms with Crippen molar-refractivity contribution >= 4 is 17.6 Å². The molecular weight excluding hydrogens is 410 g/mol. The maximum atomic E-state index is 13.0. The molecule has 6 heteroatoms. The molecule has 3 rings (SSSR count). The van der Waals surface area contributed by atoms with Crippen molar-refractivity contribution in [1.82, 2.24) is 15.1 Å². The zero-order chi connectivity index (χ0) is 24.1. The molecule has 1 aromatic heterocycles. The van der Waals surface area contributed by atoms with E-state index in [1.165, 1.54) is 11.3 Å². The minimum absolute atomic E-state index is 0.177. The zero-order valence-electron chi connectivity index (χ0n) is 20.8. The molecule has 0 radical (unpaired) electrons. The first-order valence-corrected chi connectivity index (χ1v) is 11.5. The molecule has 2 N–H and O–H groups in total. The summed E-state index contributed by atoms with van der Waals surface area (Å²) in [7, 11) is 0. The Bertz CT molecular complexity index is 1150. The first-order chi connectivity index (χ1) is 15.7. The number of guanidine groups is 1. The van der Waals surface area contributed by atoms with Crippen LogP contribution in [-0.2, 0) is 13.0 Å². The minimum atomic E-state index is -0.177. The summed E-state index contributed by atoms with van der Waals surface area (Å²) in [4.78, 5) is 17.8. The Morgan fingerprint density at radius 1 is 0.909 bits per heavy atom. The maximum Gasteiger partial charge on any atom is 0.257 e. The van der Waals surface area contributed by atoms with Crippen LogP contribution in [0.4, 0.5) is 5.69 Å². The van der Waals surface area contributed by atoms with Gasteiger partial charge < -0.3 is 5.32 Å². The summed E-state index contributed by atoms with van der Waals surface area (Å²) in [6.07, 6.45) is 0.759. The molecule has 174 valence electrons. The molecule has 0 unspecified atom stereocenters. The van der Waals surface area contributed by atoms with Crippen LogP contribution in [0.2, 0.25) is 0 Å². The van der Waals surface area contributed by atoms with Gasteiger partial charge in [-0.15, -0.1) is 0 Å². The van der Waals surface area contributed by atoms with Gasteiger partial charge in [-0.3, -0.25) is 19.8 Å². The van der Waals surface area contributed by atoms with E-state index in [4.69, 9.17) is 4.99 Å². The van der Waals surface area contributed by atoms with Crippen LogP contribution in [-0.4, -0.2) is 28.2 Å². The van der Waals surface area contributed by atoms with Gasteiger partial charge in [-0.05, 0) is 95.8 Å². The highest BCUT2D eigenvalue weighted by Crippen LogP contribution is 2.16. The molecule has 0 atom stereocenters. The average molecular weight is 446 g/mol. The summed E-state index contributed by atoms with van der Waals surface area (Å²) in [5, 5.41) is 10.9. The highest BCUT2D eigenvalue weighted by atomic mass is 16.1. The fraction of sp³-hybridized carbons (Fsp3) is 0.370. The number of carbonyl (C=O) groups is 1. The number of anilines is 1. The van der Waals surface area contributed by atoms with Crippen LogP contribution in [0.3, 0.4) is 0 Å². The molecule has 0 aliphatic carbocycles. The number of aliphatic imine (C=N–C) groups is 1. The second-order valence-electron chi connectivity index (χ2n) is 8.78. The van der Waals surface area contributed by atoms with Crippen molar-refractivity contribution in [3.63, 3.8) is 0 Å². The lowest BCUT2D eigenvalue weighted by molar-refractivity contribution is 0.0976.